The Balaban J connectivity index is 1.83. The van der Waals surface area contributed by atoms with Crippen LogP contribution in [0.15, 0.2) is 17.8 Å². The lowest BCUT2D eigenvalue weighted by Gasteiger charge is -2.40. The maximum atomic E-state index is 6.69. The highest BCUT2D eigenvalue weighted by atomic mass is 32.1. The summed E-state index contributed by atoms with van der Waals surface area (Å²) in [6.07, 6.45) is 11.4. The van der Waals surface area contributed by atoms with Crippen molar-refractivity contribution in [3.05, 3.63) is 23.5 Å². The van der Waals surface area contributed by atoms with Crippen LogP contribution in [0.1, 0.15) is 44.7 Å². The Morgan fingerprint density at radius 3 is 3.22 bits per heavy atom. The minimum absolute atomic E-state index is 0.0307. The number of nitrogens with two attached hydrogens (primary N) is 1. The Hall–Kier alpha value is -0.870. The summed E-state index contributed by atoms with van der Waals surface area (Å²) in [6, 6.07) is 0. The molecular weight excluding hydrogens is 242 g/mol. The van der Waals surface area contributed by atoms with Crippen LogP contribution < -0.4 is 5.73 Å². The van der Waals surface area contributed by atoms with Gasteiger partial charge in [-0.25, -0.2) is 4.98 Å². The van der Waals surface area contributed by atoms with Gasteiger partial charge in [0.1, 0.15) is 0 Å². The van der Waals surface area contributed by atoms with Gasteiger partial charge in [0.05, 0.1) is 5.69 Å². The molecule has 0 aliphatic heterocycles. The van der Waals surface area contributed by atoms with Gasteiger partial charge >= 0.3 is 0 Å². The zero-order chi connectivity index (χ0) is 12.6. The van der Waals surface area contributed by atoms with E-state index in [0.29, 0.717) is 5.92 Å². The van der Waals surface area contributed by atoms with E-state index in [0.717, 1.165) is 23.5 Å². The molecular formula is C14H21N3S. The molecule has 1 fully saturated rings. The van der Waals surface area contributed by atoms with Gasteiger partial charge in [-0.3, -0.25) is 4.40 Å². The molecule has 2 unspecified atom stereocenters. The van der Waals surface area contributed by atoms with Crippen LogP contribution in [0, 0.1) is 5.92 Å². The molecule has 0 aromatic carbocycles. The average Bonchev–Trinajstić information content (AvgIpc) is 2.89. The number of hydrogen-bond acceptors (Lipinski definition) is 3. The predicted octanol–water partition coefficient (Wildman–Crippen LogP) is 3.24. The largest absolute Gasteiger partial charge is 0.324 e. The number of thiazole rings is 1. The highest BCUT2D eigenvalue weighted by Gasteiger charge is 2.36. The van der Waals surface area contributed by atoms with Crippen LogP contribution in [0.25, 0.3) is 4.96 Å². The topological polar surface area (TPSA) is 43.3 Å². The molecule has 0 saturated heterocycles. The zero-order valence-corrected chi connectivity index (χ0v) is 11.7. The fraction of sp³-hybridized carbons (Fsp3) is 0.643. The molecule has 98 valence electrons. The van der Waals surface area contributed by atoms with E-state index in [1.165, 1.54) is 25.7 Å². The third-order valence-corrected chi connectivity index (χ3v) is 5.17. The Morgan fingerprint density at radius 2 is 2.44 bits per heavy atom. The van der Waals surface area contributed by atoms with E-state index in [1.807, 2.05) is 0 Å². The van der Waals surface area contributed by atoms with Gasteiger partial charge in [0, 0.05) is 29.7 Å². The first-order valence-corrected chi connectivity index (χ1v) is 7.79. The SMILES string of the molecule is CCC1CCCCC1(N)Cc1cn2ccsc2n1. The van der Waals surface area contributed by atoms with Crippen molar-refractivity contribution in [3.8, 4) is 0 Å². The van der Waals surface area contributed by atoms with Crippen molar-refractivity contribution in [3.63, 3.8) is 0 Å². The predicted molar refractivity (Wildman–Crippen MR) is 75.9 cm³/mol. The molecule has 0 bridgehead atoms. The standard InChI is InChI=1S/C14H21N3S/c1-2-11-5-3-4-6-14(11,15)9-12-10-17-7-8-18-13(17)16-12/h7-8,10-11H,2-6,9,15H2,1H3. The van der Waals surface area contributed by atoms with Gasteiger partial charge in [0.2, 0.25) is 0 Å². The number of aromatic nitrogens is 2. The number of rotatable bonds is 3. The van der Waals surface area contributed by atoms with Gasteiger partial charge in [-0.1, -0.05) is 26.2 Å². The second kappa shape index (κ2) is 4.67. The summed E-state index contributed by atoms with van der Waals surface area (Å²) in [7, 11) is 0. The summed E-state index contributed by atoms with van der Waals surface area (Å²) in [5.41, 5.74) is 7.82. The Kier molecular flexibility index (Phi) is 3.16. The molecule has 2 aromatic heterocycles. The summed E-state index contributed by atoms with van der Waals surface area (Å²) >= 11 is 1.69. The van der Waals surface area contributed by atoms with Gasteiger partial charge in [0.15, 0.2) is 4.96 Å². The zero-order valence-electron chi connectivity index (χ0n) is 10.9. The number of nitrogens with zero attached hydrogens (tertiary/aromatic N) is 2. The van der Waals surface area contributed by atoms with Crippen LogP contribution in [0.5, 0.6) is 0 Å². The Bertz CT molecular complexity index is 501. The second-order valence-electron chi connectivity index (χ2n) is 5.59. The van der Waals surface area contributed by atoms with E-state index in [-0.39, 0.29) is 5.54 Å². The fourth-order valence-electron chi connectivity index (χ4n) is 3.38. The molecule has 3 rings (SSSR count). The monoisotopic (exact) mass is 263 g/mol. The maximum absolute atomic E-state index is 6.69. The van der Waals surface area contributed by atoms with Crippen molar-refractivity contribution >= 4 is 16.3 Å². The van der Waals surface area contributed by atoms with Gasteiger partial charge in [-0.05, 0) is 18.8 Å². The normalized spacial score (nSPS) is 28.9. The first-order valence-electron chi connectivity index (χ1n) is 6.91. The summed E-state index contributed by atoms with van der Waals surface area (Å²) < 4.78 is 2.10. The third kappa shape index (κ3) is 2.08. The summed E-state index contributed by atoms with van der Waals surface area (Å²) in [4.78, 5) is 5.76. The summed E-state index contributed by atoms with van der Waals surface area (Å²) in [5, 5.41) is 2.07. The van der Waals surface area contributed by atoms with E-state index in [4.69, 9.17) is 5.73 Å². The molecule has 18 heavy (non-hydrogen) atoms. The van der Waals surface area contributed by atoms with E-state index < -0.39 is 0 Å². The van der Waals surface area contributed by atoms with Crippen molar-refractivity contribution in [1.82, 2.24) is 9.38 Å². The van der Waals surface area contributed by atoms with Crippen LogP contribution in [0.3, 0.4) is 0 Å². The van der Waals surface area contributed by atoms with Gasteiger partial charge in [-0.2, -0.15) is 0 Å². The molecule has 0 amide bonds. The van der Waals surface area contributed by atoms with Crippen LogP contribution in [-0.4, -0.2) is 14.9 Å². The van der Waals surface area contributed by atoms with E-state index in [9.17, 15) is 0 Å². The minimum Gasteiger partial charge on any atom is -0.324 e. The minimum atomic E-state index is -0.0307. The first-order chi connectivity index (χ1) is 8.71. The number of hydrogen-bond donors (Lipinski definition) is 1. The van der Waals surface area contributed by atoms with Crippen molar-refractivity contribution in [1.29, 1.82) is 0 Å². The van der Waals surface area contributed by atoms with Crippen LogP contribution >= 0.6 is 11.3 Å². The quantitative estimate of drug-likeness (QED) is 0.924. The highest BCUT2D eigenvalue weighted by Crippen LogP contribution is 2.36. The second-order valence-corrected chi connectivity index (χ2v) is 6.46. The molecule has 3 nitrogen and oxygen atoms in total. The van der Waals surface area contributed by atoms with E-state index >= 15 is 0 Å². The molecule has 1 aliphatic rings. The molecule has 0 spiro atoms. The fourth-order valence-corrected chi connectivity index (χ4v) is 4.10. The van der Waals surface area contributed by atoms with Crippen LogP contribution in [-0.2, 0) is 6.42 Å². The molecule has 1 aliphatic carbocycles. The van der Waals surface area contributed by atoms with Crippen molar-refractivity contribution in [2.45, 2.75) is 51.0 Å². The highest BCUT2D eigenvalue weighted by molar-refractivity contribution is 7.15. The van der Waals surface area contributed by atoms with Gasteiger partial charge in [0.25, 0.3) is 0 Å². The van der Waals surface area contributed by atoms with Crippen molar-refractivity contribution < 1.29 is 0 Å². The van der Waals surface area contributed by atoms with Crippen LogP contribution in [0.4, 0.5) is 0 Å². The molecule has 2 N–H and O–H groups in total. The molecule has 2 atom stereocenters. The first kappa shape index (κ1) is 12.2. The lowest BCUT2D eigenvalue weighted by molar-refractivity contribution is 0.181. The Labute approximate surface area is 112 Å². The number of imidazole rings is 1. The third-order valence-electron chi connectivity index (χ3n) is 4.40. The number of fused-ring (bicyclic) bond motifs is 1. The summed E-state index contributed by atoms with van der Waals surface area (Å²) in [5.74, 6) is 0.658. The summed E-state index contributed by atoms with van der Waals surface area (Å²) in [6.45, 7) is 2.27. The van der Waals surface area contributed by atoms with Crippen molar-refractivity contribution in [2.75, 3.05) is 0 Å². The molecule has 4 heteroatoms. The maximum Gasteiger partial charge on any atom is 0.193 e. The molecule has 0 radical (unpaired) electrons. The van der Waals surface area contributed by atoms with Gasteiger partial charge in [-0.15, -0.1) is 11.3 Å². The smallest absolute Gasteiger partial charge is 0.193 e. The van der Waals surface area contributed by atoms with E-state index in [2.05, 4.69) is 34.1 Å². The lowest BCUT2D eigenvalue weighted by Crippen LogP contribution is -2.50. The lowest BCUT2D eigenvalue weighted by atomic mass is 9.70. The molecule has 1 saturated carbocycles. The Morgan fingerprint density at radius 1 is 1.56 bits per heavy atom. The average molecular weight is 263 g/mol. The van der Waals surface area contributed by atoms with Crippen LogP contribution in [0.2, 0.25) is 0 Å². The van der Waals surface area contributed by atoms with Gasteiger partial charge < -0.3 is 5.73 Å². The van der Waals surface area contributed by atoms with E-state index in [1.54, 1.807) is 11.3 Å². The molecule has 2 aromatic rings. The molecule has 2 heterocycles. The van der Waals surface area contributed by atoms with Crippen molar-refractivity contribution in [2.24, 2.45) is 11.7 Å².